The first-order valence-electron chi connectivity index (χ1n) is 7.55. The zero-order valence-electron chi connectivity index (χ0n) is 13.8. The second kappa shape index (κ2) is 10.1. The molecule has 0 heterocycles. The molecule has 0 saturated carbocycles. The highest BCUT2D eigenvalue weighted by atomic mass is 35.5. The molecule has 0 aromatic heterocycles. The smallest absolute Gasteiger partial charge is 0.326 e. The Hall–Kier alpha value is -1.99. The second-order valence-corrected chi connectivity index (χ2v) is 6.54. The lowest BCUT2D eigenvalue weighted by atomic mass is 10.0. The summed E-state index contributed by atoms with van der Waals surface area (Å²) in [4.78, 5) is 34.5. The third kappa shape index (κ3) is 8.09. The van der Waals surface area contributed by atoms with Crippen molar-refractivity contribution in [3.05, 3.63) is 28.2 Å². The van der Waals surface area contributed by atoms with Crippen LogP contribution in [-0.2, 0) is 14.4 Å². The first-order chi connectivity index (χ1) is 11.7. The summed E-state index contributed by atoms with van der Waals surface area (Å²) in [6.45, 7) is 3.04. The molecule has 0 spiro atoms. The fourth-order valence-electron chi connectivity index (χ4n) is 1.88. The van der Waals surface area contributed by atoms with E-state index in [9.17, 15) is 14.4 Å². The molecule has 2 amide bonds. The highest BCUT2D eigenvalue weighted by molar-refractivity contribution is 6.42. The van der Waals surface area contributed by atoms with E-state index in [2.05, 4.69) is 10.6 Å². The zero-order chi connectivity index (χ0) is 19.0. The summed E-state index contributed by atoms with van der Waals surface area (Å²) in [5.41, 5.74) is 0. The van der Waals surface area contributed by atoms with Crippen molar-refractivity contribution < 1.29 is 24.2 Å². The number of ether oxygens (including phenoxy) is 1. The Bertz CT molecular complexity index is 637. The standard InChI is InChI=1S/C16H20Cl2N2O5/c1-9(2)5-13(16(23)24)20-14(21)7-19-15(22)8-25-10-3-4-11(17)12(18)6-10/h3-4,6,9,13H,5,7-8H2,1-2H3,(H,19,22)(H,20,21)(H,23,24)/t13-/m0/s1. The molecule has 0 bridgehead atoms. The number of nitrogens with one attached hydrogen (secondary N) is 2. The number of aliphatic carboxylic acids is 1. The number of benzene rings is 1. The molecule has 0 radical (unpaired) electrons. The first-order valence-corrected chi connectivity index (χ1v) is 8.31. The zero-order valence-corrected chi connectivity index (χ0v) is 15.4. The van der Waals surface area contributed by atoms with E-state index in [4.69, 9.17) is 33.0 Å². The number of amides is 2. The molecule has 0 unspecified atom stereocenters. The van der Waals surface area contributed by atoms with Crippen LogP contribution in [0.15, 0.2) is 18.2 Å². The Morgan fingerprint density at radius 2 is 1.84 bits per heavy atom. The third-order valence-corrected chi connectivity index (χ3v) is 3.79. The quantitative estimate of drug-likeness (QED) is 0.598. The molecule has 1 aromatic rings. The number of hydrogen-bond acceptors (Lipinski definition) is 4. The minimum Gasteiger partial charge on any atom is -0.484 e. The SMILES string of the molecule is CC(C)C[C@H](NC(=O)CNC(=O)COc1ccc(Cl)c(Cl)c1)C(=O)O. The van der Waals surface area contributed by atoms with Crippen LogP contribution in [0.4, 0.5) is 0 Å². The average Bonchev–Trinajstić information content (AvgIpc) is 2.53. The van der Waals surface area contributed by atoms with Gasteiger partial charge in [-0.2, -0.15) is 0 Å². The van der Waals surface area contributed by atoms with Gasteiger partial charge in [-0.05, 0) is 24.5 Å². The molecule has 7 nitrogen and oxygen atoms in total. The summed E-state index contributed by atoms with van der Waals surface area (Å²) in [5.74, 6) is -1.77. The van der Waals surface area contributed by atoms with Gasteiger partial charge in [0.05, 0.1) is 16.6 Å². The molecule has 1 aromatic carbocycles. The molecule has 3 N–H and O–H groups in total. The van der Waals surface area contributed by atoms with Crippen LogP contribution >= 0.6 is 23.2 Å². The number of carbonyl (C=O) groups excluding carboxylic acids is 2. The van der Waals surface area contributed by atoms with E-state index < -0.39 is 23.8 Å². The van der Waals surface area contributed by atoms with Gasteiger partial charge in [-0.3, -0.25) is 9.59 Å². The normalized spacial score (nSPS) is 11.7. The minimum atomic E-state index is -1.11. The lowest BCUT2D eigenvalue weighted by molar-refractivity contribution is -0.142. The summed E-state index contributed by atoms with van der Waals surface area (Å²) in [6.07, 6.45) is 0.301. The monoisotopic (exact) mass is 390 g/mol. The first kappa shape index (κ1) is 21.1. The molecule has 9 heteroatoms. The molecular formula is C16H20Cl2N2O5. The Balaban J connectivity index is 2.38. The van der Waals surface area contributed by atoms with Crippen LogP contribution in [0.2, 0.25) is 10.0 Å². The average molecular weight is 391 g/mol. The second-order valence-electron chi connectivity index (χ2n) is 5.73. The predicted octanol–water partition coefficient (Wildman–Crippen LogP) is 2.10. The van der Waals surface area contributed by atoms with E-state index in [1.165, 1.54) is 12.1 Å². The maximum Gasteiger partial charge on any atom is 0.326 e. The van der Waals surface area contributed by atoms with E-state index in [1.54, 1.807) is 6.07 Å². The molecule has 1 rings (SSSR count). The van der Waals surface area contributed by atoms with Gasteiger partial charge >= 0.3 is 5.97 Å². The summed E-state index contributed by atoms with van der Waals surface area (Å²) in [6, 6.07) is 3.56. The molecule has 0 aliphatic heterocycles. The molecule has 0 aliphatic rings. The number of carboxylic acids is 1. The van der Waals surface area contributed by atoms with Gasteiger partial charge in [0.2, 0.25) is 5.91 Å². The van der Waals surface area contributed by atoms with Crippen molar-refractivity contribution in [3.63, 3.8) is 0 Å². The van der Waals surface area contributed by atoms with Gasteiger partial charge in [0.1, 0.15) is 11.8 Å². The van der Waals surface area contributed by atoms with Gasteiger partial charge in [-0.25, -0.2) is 4.79 Å². The Labute approximate surface area is 155 Å². The summed E-state index contributed by atoms with van der Waals surface area (Å²) in [5, 5.41) is 14.4. The maximum atomic E-state index is 11.7. The number of hydrogen-bond donors (Lipinski definition) is 3. The van der Waals surface area contributed by atoms with Crippen molar-refractivity contribution >= 4 is 41.0 Å². The van der Waals surface area contributed by atoms with E-state index in [-0.39, 0.29) is 19.1 Å². The molecular weight excluding hydrogens is 371 g/mol. The van der Waals surface area contributed by atoms with Crippen molar-refractivity contribution in [2.24, 2.45) is 5.92 Å². The van der Waals surface area contributed by atoms with Crippen LogP contribution in [0.1, 0.15) is 20.3 Å². The van der Waals surface area contributed by atoms with E-state index >= 15 is 0 Å². The van der Waals surface area contributed by atoms with Crippen molar-refractivity contribution in [1.82, 2.24) is 10.6 Å². The summed E-state index contributed by atoms with van der Waals surface area (Å²) >= 11 is 11.6. The molecule has 1 atom stereocenters. The number of carbonyl (C=O) groups is 3. The third-order valence-electron chi connectivity index (χ3n) is 3.05. The largest absolute Gasteiger partial charge is 0.484 e. The van der Waals surface area contributed by atoms with Gasteiger partial charge in [-0.15, -0.1) is 0 Å². The van der Waals surface area contributed by atoms with E-state index in [0.29, 0.717) is 22.2 Å². The van der Waals surface area contributed by atoms with Gasteiger partial charge in [0, 0.05) is 6.07 Å². The fraction of sp³-hybridized carbons (Fsp3) is 0.438. The molecule has 0 aliphatic carbocycles. The van der Waals surface area contributed by atoms with Crippen LogP contribution < -0.4 is 15.4 Å². The molecule has 0 saturated heterocycles. The fourth-order valence-corrected chi connectivity index (χ4v) is 2.17. The van der Waals surface area contributed by atoms with E-state index in [0.717, 1.165) is 0 Å². The maximum absolute atomic E-state index is 11.7. The van der Waals surface area contributed by atoms with Crippen LogP contribution in [0.5, 0.6) is 5.75 Å². The molecule has 138 valence electrons. The summed E-state index contributed by atoms with van der Waals surface area (Å²) in [7, 11) is 0. The van der Waals surface area contributed by atoms with Crippen LogP contribution in [-0.4, -0.2) is 42.1 Å². The van der Waals surface area contributed by atoms with Gasteiger partial charge in [0.15, 0.2) is 6.61 Å². The lowest BCUT2D eigenvalue weighted by Crippen LogP contribution is -2.46. The Morgan fingerprint density at radius 3 is 2.40 bits per heavy atom. The lowest BCUT2D eigenvalue weighted by Gasteiger charge is -2.16. The molecule has 0 fully saturated rings. The predicted molar refractivity (Wildman–Crippen MR) is 94.0 cm³/mol. The highest BCUT2D eigenvalue weighted by Gasteiger charge is 2.21. The van der Waals surface area contributed by atoms with Gasteiger partial charge in [-0.1, -0.05) is 37.0 Å². The van der Waals surface area contributed by atoms with Gasteiger partial charge in [0.25, 0.3) is 5.91 Å². The van der Waals surface area contributed by atoms with Gasteiger partial charge < -0.3 is 20.5 Å². The van der Waals surface area contributed by atoms with Crippen molar-refractivity contribution in [3.8, 4) is 5.75 Å². The number of halogens is 2. The molecule has 25 heavy (non-hydrogen) atoms. The topological polar surface area (TPSA) is 105 Å². The number of rotatable bonds is 9. The number of carboxylic acid groups (broad SMARTS) is 1. The minimum absolute atomic E-state index is 0.107. The van der Waals surface area contributed by atoms with Crippen LogP contribution in [0.25, 0.3) is 0 Å². The van der Waals surface area contributed by atoms with Crippen molar-refractivity contribution in [2.45, 2.75) is 26.3 Å². The van der Waals surface area contributed by atoms with Crippen molar-refractivity contribution in [1.29, 1.82) is 0 Å². The highest BCUT2D eigenvalue weighted by Crippen LogP contribution is 2.26. The van der Waals surface area contributed by atoms with Crippen LogP contribution in [0, 0.1) is 5.92 Å². The van der Waals surface area contributed by atoms with E-state index in [1.807, 2.05) is 13.8 Å². The Kier molecular flexibility index (Phi) is 8.51. The van der Waals surface area contributed by atoms with Crippen LogP contribution in [0.3, 0.4) is 0 Å². The Morgan fingerprint density at radius 1 is 1.16 bits per heavy atom. The summed E-state index contributed by atoms with van der Waals surface area (Å²) < 4.78 is 5.23. The van der Waals surface area contributed by atoms with Crippen molar-refractivity contribution in [2.75, 3.05) is 13.2 Å².